The highest BCUT2D eigenvalue weighted by atomic mass is 19.1. The van der Waals surface area contributed by atoms with Crippen molar-refractivity contribution in [3.63, 3.8) is 0 Å². The van der Waals surface area contributed by atoms with Crippen LogP contribution < -0.4 is 5.32 Å². The number of nitrogens with zero attached hydrogens (tertiary/aromatic N) is 2. The van der Waals surface area contributed by atoms with Gasteiger partial charge in [-0.25, -0.2) is 4.39 Å². The summed E-state index contributed by atoms with van der Waals surface area (Å²) in [5.41, 5.74) is 4.36. The number of amides is 1. The third kappa shape index (κ3) is 4.87. The number of hydrogen-bond acceptors (Lipinski definition) is 3. The summed E-state index contributed by atoms with van der Waals surface area (Å²) in [6, 6.07) is 18.7. The van der Waals surface area contributed by atoms with Gasteiger partial charge in [-0.2, -0.15) is 0 Å². The van der Waals surface area contributed by atoms with E-state index < -0.39 is 0 Å². The molecule has 0 aliphatic carbocycles. The minimum Gasteiger partial charge on any atom is -0.355 e. The van der Waals surface area contributed by atoms with Gasteiger partial charge in [0.15, 0.2) is 0 Å². The first-order valence-electron chi connectivity index (χ1n) is 9.92. The van der Waals surface area contributed by atoms with Crippen LogP contribution in [0.2, 0.25) is 0 Å². The molecule has 0 saturated carbocycles. The van der Waals surface area contributed by atoms with Gasteiger partial charge in [-0.15, -0.1) is 0 Å². The van der Waals surface area contributed by atoms with Crippen molar-refractivity contribution >= 4 is 5.91 Å². The van der Waals surface area contributed by atoms with E-state index >= 15 is 0 Å². The van der Waals surface area contributed by atoms with E-state index in [1.807, 2.05) is 42.6 Å². The van der Waals surface area contributed by atoms with Crippen LogP contribution in [0.15, 0.2) is 73.1 Å². The molecule has 3 aromatic rings. The van der Waals surface area contributed by atoms with E-state index in [1.165, 1.54) is 12.1 Å². The predicted octanol–water partition coefficient (Wildman–Crippen LogP) is 3.68. The fourth-order valence-electron chi connectivity index (χ4n) is 3.88. The zero-order valence-electron chi connectivity index (χ0n) is 16.2. The molecule has 0 bridgehead atoms. The van der Waals surface area contributed by atoms with E-state index in [0.29, 0.717) is 26.1 Å². The summed E-state index contributed by atoms with van der Waals surface area (Å²) in [7, 11) is 0. The molecule has 29 heavy (non-hydrogen) atoms. The van der Waals surface area contributed by atoms with Gasteiger partial charge in [0, 0.05) is 44.1 Å². The monoisotopic (exact) mass is 389 g/mol. The van der Waals surface area contributed by atoms with Gasteiger partial charge in [0.25, 0.3) is 0 Å². The van der Waals surface area contributed by atoms with Crippen molar-refractivity contribution in [2.75, 3.05) is 19.6 Å². The van der Waals surface area contributed by atoms with E-state index in [1.54, 1.807) is 6.20 Å². The Morgan fingerprint density at radius 1 is 1.07 bits per heavy atom. The number of nitrogens with one attached hydrogen (secondary N) is 1. The van der Waals surface area contributed by atoms with Gasteiger partial charge >= 0.3 is 0 Å². The van der Waals surface area contributed by atoms with Crippen LogP contribution in [-0.4, -0.2) is 35.4 Å². The highest BCUT2D eigenvalue weighted by Crippen LogP contribution is 2.26. The van der Waals surface area contributed by atoms with Gasteiger partial charge in [-0.05, 0) is 41.3 Å². The van der Waals surface area contributed by atoms with Gasteiger partial charge in [0.1, 0.15) is 5.82 Å². The standard InChI is InChI=1S/C24H24FN3O/c25-22-9-7-18(8-10-22)16-28-13-12-27-24(29)21(17-28)14-19-4-1-2-6-23(19)20-5-3-11-26-15-20/h1-11,15,21H,12-14,16-17H2,(H,27,29). The lowest BCUT2D eigenvalue weighted by molar-refractivity contribution is -0.124. The minimum atomic E-state index is -0.230. The second-order valence-corrected chi connectivity index (χ2v) is 7.45. The number of rotatable bonds is 5. The van der Waals surface area contributed by atoms with Crippen LogP contribution in [0.5, 0.6) is 0 Å². The normalized spacial score (nSPS) is 17.6. The van der Waals surface area contributed by atoms with Crippen LogP contribution in [0.4, 0.5) is 4.39 Å². The SMILES string of the molecule is O=C1NCCN(Cc2ccc(F)cc2)CC1Cc1ccccc1-c1cccnc1. The van der Waals surface area contributed by atoms with Gasteiger partial charge in [-0.3, -0.25) is 14.7 Å². The summed E-state index contributed by atoms with van der Waals surface area (Å²) in [6.45, 7) is 2.78. The number of pyridine rings is 1. The molecule has 0 spiro atoms. The molecule has 1 atom stereocenters. The average Bonchev–Trinajstić information content (AvgIpc) is 2.92. The van der Waals surface area contributed by atoms with Crippen LogP contribution in [0.1, 0.15) is 11.1 Å². The van der Waals surface area contributed by atoms with E-state index in [2.05, 4.69) is 27.3 Å². The van der Waals surface area contributed by atoms with E-state index in [0.717, 1.165) is 28.8 Å². The number of aromatic nitrogens is 1. The highest BCUT2D eigenvalue weighted by molar-refractivity contribution is 5.80. The molecule has 1 saturated heterocycles. The van der Waals surface area contributed by atoms with Gasteiger partial charge in [-0.1, -0.05) is 42.5 Å². The van der Waals surface area contributed by atoms with Gasteiger partial charge in [0.2, 0.25) is 5.91 Å². The topological polar surface area (TPSA) is 45.2 Å². The molecule has 2 aromatic carbocycles. The Labute approximate surface area is 170 Å². The molecule has 148 valence electrons. The van der Waals surface area contributed by atoms with Crippen molar-refractivity contribution in [3.05, 3.63) is 90.0 Å². The van der Waals surface area contributed by atoms with E-state index in [9.17, 15) is 9.18 Å². The van der Waals surface area contributed by atoms with E-state index in [-0.39, 0.29) is 17.6 Å². The van der Waals surface area contributed by atoms with Crippen LogP contribution in [0, 0.1) is 11.7 Å². The first-order valence-corrected chi connectivity index (χ1v) is 9.92. The number of benzene rings is 2. The zero-order chi connectivity index (χ0) is 20.1. The third-order valence-electron chi connectivity index (χ3n) is 5.35. The van der Waals surface area contributed by atoms with Crippen LogP contribution >= 0.6 is 0 Å². The molecule has 1 aliphatic rings. The Bertz CT molecular complexity index is 959. The fraction of sp³-hybridized carbons (Fsp3) is 0.250. The summed E-state index contributed by atoms with van der Waals surface area (Å²) in [6.07, 6.45) is 4.28. The molecule has 1 unspecified atom stereocenters. The molecular formula is C24H24FN3O. The van der Waals surface area contributed by atoms with Crippen molar-refractivity contribution in [2.24, 2.45) is 5.92 Å². The summed E-state index contributed by atoms with van der Waals surface area (Å²) in [5, 5.41) is 3.05. The molecule has 1 aromatic heterocycles. The van der Waals surface area contributed by atoms with Crippen LogP contribution in [-0.2, 0) is 17.8 Å². The Morgan fingerprint density at radius 2 is 1.90 bits per heavy atom. The number of halogens is 1. The number of carbonyl (C=O) groups is 1. The van der Waals surface area contributed by atoms with Crippen LogP contribution in [0.25, 0.3) is 11.1 Å². The fourth-order valence-corrected chi connectivity index (χ4v) is 3.88. The largest absolute Gasteiger partial charge is 0.355 e. The molecule has 5 heteroatoms. The average molecular weight is 389 g/mol. The Balaban J connectivity index is 1.53. The van der Waals surface area contributed by atoms with E-state index in [4.69, 9.17) is 0 Å². The smallest absolute Gasteiger partial charge is 0.224 e. The Kier molecular flexibility index (Phi) is 5.96. The molecule has 4 rings (SSSR count). The first kappa shape index (κ1) is 19.3. The van der Waals surface area contributed by atoms with Gasteiger partial charge < -0.3 is 5.32 Å². The van der Waals surface area contributed by atoms with Crippen molar-refractivity contribution in [2.45, 2.75) is 13.0 Å². The lowest BCUT2D eigenvalue weighted by Crippen LogP contribution is -2.33. The number of hydrogen-bond donors (Lipinski definition) is 1. The molecular weight excluding hydrogens is 365 g/mol. The van der Waals surface area contributed by atoms with Crippen molar-refractivity contribution in [1.82, 2.24) is 15.2 Å². The molecule has 0 radical (unpaired) electrons. The molecule has 1 aliphatic heterocycles. The minimum absolute atomic E-state index is 0.0904. The van der Waals surface area contributed by atoms with Crippen molar-refractivity contribution in [1.29, 1.82) is 0 Å². The van der Waals surface area contributed by atoms with Crippen molar-refractivity contribution in [3.8, 4) is 11.1 Å². The Morgan fingerprint density at radius 3 is 2.69 bits per heavy atom. The first-order chi connectivity index (χ1) is 14.2. The molecule has 1 N–H and O–H groups in total. The summed E-state index contributed by atoms with van der Waals surface area (Å²) < 4.78 is 13.2. The van der Waals surface area contributed by atoms with Crippen LogP contribution in [0.3, 0.4) is 0 Å². The predicted molar refractivity (Wildman–Crippen MR) is 112 cm³/mol. The zero-order valence-corrected chi connectivity index (χ0v) is 16.2. The van der Waals surface area contributed by atoms with Crippen molar-refractivity contribution < 1.29 is 9.18 Å². The lowest BCUT2D eigenvalue weighted by atomic mass is 9.92. The third-order valence-corrected chi connectivity index (χ3v) is 5.35. The summed E-state index contributed by atoms with van der Waals surface area (Å²) in [5.74, 6) is -0.283. The molecule has 2 heterocycles. The maximum absolute atomic E-state index is 13.2. The summed E-state index contributed by atoms with van der Waals surface area (Å²) in [4.78, 5) is 19.2. The van der Waals surface area contributed by atoms with Gasteiger partial charge in [0.05, 0.1) is 5.92 Å². The maximum atomic E-state index is 13.2. The molecule has 1 amide bonds. The highest BCUT2D eigenvalue weighted by Gasteiger charge is 2.26. The lowest BCUT2D eigenvalue weighted by Gasteiger charge is -2.23. The molecule has 1 fully saturated rings. The maximum Gasteiger partial charge on any atom is 0.224 e. The molecule has 4 nitrogen and oxygen atoms in total. The summed E-state index contributed by atoms with van der Waals surface area (Å²) >= 11 is 0. The Hall–Kier alpha value is -3.05. The quantitative estimate of drug-likeness (QED) is 0.724. The second-order valence-electron chi connectivity index (χ2n) is 7.45. The second kappa shape index (κ2) is 8.97. The number of carbonyl (C=O) groups excluding carboxylic acids is 1.